The summed E-state index contributed by atoms with van der Waals surface area (Å²) in [6, 6.07) is 13.5. The third-order valence-electron chi connectivity index (χ3n) is 5.49. The Morgan fingerprint density at radius 2 is 2.14 bits per heavy atom. The smallest absolute Gasteiger partial charge is 0.258 e. The molecule has 7 heteroatoms. The van der Waals surface area contributed by atoms with Crippen LogP contribution in [0.4, 0.5) is 5.69 Å². The molecule has 28 heavy (non-hydrogen) atoms. The lowest BCUT2D eigenvalue weighted by Crippen LogP contribution is -2.46. The number of anilines is 1. The second kappa shape index (κ2) is 6.76. The van der Waals surface area contributed by atoms with Gasteiger partial charge in [-0.2, -0.15) is 5.10 Å². The zero-order valence-corrected chi connectivity index (χ0v) is 15.2. The Kier molecular flexibility index (Phi) is 4.09. The van der Waals surface area contributed by atoms with Crippen LogP contribution < -0.4 is 10.2 Å². The zero-order chi connectivity index (χ0) is 19.1. The van der Waals surface area contributed by atoms with Gasteiger partial charge >= 0.3 is 0 Å². The van der Waals surface area contributed by atoms with Crippen molar-refractivity contribution in [3.63, 3.8) is 0 Å². The first-order valence-corrected chi connectivity index (χ1v) is 9.40. The van der Waals surface area contributed by atoms with Gasteiger partial charge in [-0.1, -0.05) is 18.2 Å². The van der Waals surface area contributed by atoms with E-state index < -0.39 is 0 Å². The van der Waals surface area contributed by atoms with E-state index in [0.717, 1.165) is 28.6 Å². The molecule has 0 spiro atoms. The van der Waals surface area contributed by atoms with Crippen LogP contribution in [-0.2, 0) is 9.53 Å². The molecule has 2 aliphatic rings. The van der Waals surface area contributed by atoms with Gasteiger partial charge in [-0.05, 0) is 36.2 Å². The van der Waals surface area contributed by atoms with Crippen LogP contribution in [0.25, 0.3) is 10.9 Å². The summed E-state index contributed by atoms with van der Waals surface area (Å²) >= 11 is 0. The standard InChI is InChI=1S/C21H20N4O3/c26-20-12-28-11-16(23-20)8-15-10-25(19-4-2-1-3-17(15)19)21(27)13-5-6-18-14(7-13)9-22-24-18/h1-7,9,15-16H,8,10-12H2,(H,22,24)(H,23,26). The highest BCUT2D eigenvalue weighted by Crippen LogP contribution is 2.39. The number of benzene rings is 2. The highest BCUT2D eigenvalue weighted by Gasteiger charge is 2.35. The van der Waals surface area contributed by atoms with Gasteiger partial charge in [-0.15, -0.1) is 0 Å². The summed E-state index contributed by atoms with van der Waals surface area (Å²) < 4.78 is 5.37. The van der Waals surface area contributed by atoms with E-state index in [2.05, 4.69) is 21.6 Å². The van der Waals surface area contributed by atoms with Gasteiger partial charge < -0.3 is 15.0 Å². The average molecular weight is 376 g/mol. The SMILES string of the molecule is O=C1COCC(CC2CN(C(=O)c3ccc4[nH]ncc4c3)c3ccccc32)N1. The Labute approximate surface area is 161 Å². The van der Waals surface area contributed by atoms with Gasteiger partial charge in [0, 0.05) is 29.1 Å². The quantitative estimate of drug-likeness (QED) is 0.734. The number of amides is 2. The summed E-state index contributed by atoms with van der Waals surface area (Å²) in [4.78, 5) is 26.7. The van der Waals surface area contributed by atoms with E-state index in [9.17, 15) is 9.59 Å². The number of carbonyl (C=O) groups excluding carboxylic acids is 2. The monoisotopic (exact) mass is 376 g/mol. The number of aromatic nitrogens is 2. The molecule has 2 atom stereocenters. The maximum absolute atomic E-state index is 13.3. The maximum Gasteiger partial charge on any atom is 0.258 e. The Hall–Kier alpha value is -3.19. The van der Waals surface area contributed by atoms with E-state index in [0.29, 0.717) is 18.7 Å². The molecule has 1 aromatic heterocycles. The van der Waals surface area contributed by atoms with Crippen molar-refractivity contribution in [1.29, 1.82) is 0 Å². The molecule has 1 fully saturated rings. The highest BCUT2D eigenvalue weighted by molar-refractivity contribution is 6.09. The molecule has 2 unspecified atom stereocenters. The van der Waals surface area contributed by atoms with Gasteiger partial charge in [0.15, 0.2) is 0 Å². The molecule has 0 radical (unpaired) electrons. The van der Waals surface area contributed by atoms with Gasteiger partial charge in [0.25, 0.3) is 5.91 Å². The molecule has 3 aromatic rings. The molecule has 3 heterocycles. The third-order valence-corrected chi connectivity index (χ3v) is 5.49. The number of H-pyrrole nitrogens is 1. The average Bonchev–Trinajstić information content (AvgIpc) is 3.32. The molecule has 2 N–H and O–H groups in total. The molecule has 2 aromatic carbocycles. The van der Waals surface area contributed by atoms with E-state index in [1.807, 2.05) is 41.3 Å². The third kappa shape index (κ3) is 2.93. The molecule has 0 saturated carbocycles. The largest absolute Gasteiger partial charge is 0.370 e. The number of hydrogen-bond acceptors (Lipinski definition) is 4. The number of fused-ring (bicyclic) bond motifs is 2. The van der Waals surface area contributed by atoms with E-state index in [-0.39, 0.29) is 30.4 Å². The van der Waals surface area contributed by atoms with Crippen LogP contribution in [0.2, 0.25) is 0 Å². The fourth-order valence-corrected chi connectivity index (χ4v) is 4.20. The lowest BCUT2D eigenvalue weighted by molar-refractivity contribution is -0.131. The fourth-order valence-electron chi connectivity index (χ4n) is 4.20. The molecule has 2 aliphatic heterocycles. The Morgan fingerprint density at radius 3 is 3.04 bits per heavy atom. The minimum absolute atomic E-state index is 0.0259. The first-order valence-electron chi connectivity index (χ1n) is 9.40. The number of nitrogens with zero attached hydrogens (tertiary/aromatic N) is 2. The van der Waals surface area contributed by atoms with E-state index in [4.69, 9.17) is 4.74 Å². The van der Waals surface area contributed by atoms with Crippen molar-refractivity contribution >= 4 is 28.4 Å². The number of para-hydroxylation sites is 1. The lowest BCUT2D eigenvalue weighted by Gasteiger charge is -2.26. The first kappa shape index (κ1) is 16.9. The summed E-state index contributed by atoms with van der Waals surface area (Å²) in [5.74, 6) is 0.0515. The number of nitrogens with one attached hydrogen (secondary N) is 2. The lowest BCUT2D eigenvalue weighted by atomic mass is 9.94. The molecule has 5 rings (SSSR count). The van der Waals surface area contributed by atoms with Crippen molar-refractivity contribution in [2.24, 2.45) is 0 Å². The van der Waals surface area contributed by atoms with Crippen LogP contribution in [0, 0.1) is 0 Å². The summed E-state index contributed by atoms with van der Waals surface area (Å²) in [5, 5.41) is 10.8. The number of ether oxygens (including phenoxy) is 1. The molecule has 0 aliphatic carbocycles. The summed E-state index contributed by atoms with van der Waals surface area (Å²) in [6.07, 6.45) is 2.46. The van der Waals surface area contributed by atoms with Crippen LogP contribution in [-0.4, -0.2) is 47.8 Å². The van der Waals surface area contributed by atoms with E-state index >= 15 is 0 Å². The van der Waals surface area contributed by atoms with E-state index in [1.54, 1.807) is 6.20 Å². The van der Waals surface area contributed by atoms with Gasteiger partial charge in [-0.25, -0.2) is 0 Å². The number of hydrogen-bond donors (Lipinski definition) is 2. The van der Waals surface area contributed by atoms with E-state index in [1.165, 1.54) is 0 Å². The number of carbonyl (C=O) groups is 2. The van der Waals surface area contributed by atoms with Gasteiger partial charge in [0.05, 0.1) is 24.4 Å². The zero-order valence-electron chi connectivity index (χ0n) is 15.2. The van der Waals surface area contributed by atoms with Crippen LogP contribution in [0.5, 0.6) is 0 Å². The Balaban J connectivity index is 1.42. The summed E-state index contributed by atoms with van der Waals surface area (Å²) in [7, 11) is 0. The number of morpholine rings is 1. The van der Waals surface area contributed by atoms with Crippen molar-refractivity contribution in [2.75, 3.05) is 24.7 Å². The predicted molar refractivity (Wildman–Crippen MR) is 104 cm³/mol. The minimum atomic E-state index is -0.0797. The first-order chi connectivity index (χ1) is 13.7. The van der Waals surface area contributed by atoms with Crippen LogP contribution in [0.1, 0.15) is 28.3 Å². The molecular weight excluding hydrogens is 356 g/mol. The summed E-state index contributed by atoms with van der Waals surface area (Å²) in [6.45, 7) is 1.22. The Morgan fingerprint density at radius 1 is 1.25 bits per heavy atom. The van der Waals surface area contributed by atoms with Crippen molar-refractivity contribution in [2.45, 2.75) is 18.4 Å². The summed E-state index contributed by atoms with van der Waals surface area (Å²) in [5.41, 5.74) is 3.62. The number of rotatable bonds is 3. The van der Waals surface area contributed by atoms with Gasteiger partial charge in [0.1, 0.15) is 6.61 Å². The topological polar surface area (TPSA) is 87.3 Å². The van der Waals surface area contributed by atoms with Crippen molar-refractivity contribution in [3.8, 4) is 0 Å². The van der Waals surface area contributed by atoms with Gasteiger partial charge in [0.2, 0.25) is 5.91 Å². The second-order valence-corrected chi connectivity index (χ2v) is 7.36. The molecular formula is C21H20N4O3. The van der Waals surface area contributed by atoms with Crippen LogP contribution in [0.3, 0.4) is 0 Å². The van der Waals surface area contributed by atoms with Crippen molar-refractivity contribution < 1.29 is 14.3 Å². The second-order valence-electron chi connectivity index (χ2n) is 7.36. The van der Waals surface area contributed by atoms with Crippen LogP contribution >= 0.6 is 0 Å². The maximum atomic E-state index is 13.3. The molecule has 1 saturated heterocycles. The highest BCUT2D eigenvalue weighted by atomic mass is 16.5. The Bertz CT molecular complexity index is 1060. The van der Waals surface area contributed by atoms with Crippen LogP contribution in [0.15, 0.2) is 48.7 Å². The fraction of sp³-hybridized carbons (Fsp3) is 0.286. The predicted octanol–water partition coefficient (Wildman–Crippen LogP) is 2.21. The number of aromatic amines is 1. The van der Waals surface area contributed by atoms with Crippen molar-refractivity contribution in [1.82, 2.24) is 15.5 Å². The minimum Gasteiger partial charge on any atom is -0.370 e. The molecule has 7 nitrogen and oxygen atoms in total. The molecule has 142 valence electrons. The molecule has 0 bridgehead atoms. The normalized spacial score (nSPS) is 21.6. The van der Waals surface area contributed by atoms with Crippen molar-refractivity contribution in [3.05, 3.63) is 59.8 Å². The molecule has 2 amide bonds. The van der Waals surface area contributed by atoms with Gasteiger partial charge in [-0.3, -0.25) is 14.7 Å².